The summed E-state index contributed by atoms with van der Waals surface area (Å²) in [6, 6.07) is 8.66. The molecular formula is C14H14Cl2N2O2. The third kappa shape index (κ3) is 2.86. The van der Waals surface area contributed by atoms with Gasteiger partial charge in [0.25, 0.3) is 0 Å². The fourth-order valence-electron chi connectivity index (χ4n) is 1.75. The van der Waals surface area contributed by atoms with Gasteiger partial charge in [0, 0.05) is 12.1 Å². The standard InChI is InChI=1S/C14H14Cl2N2O2/c1-19-12-6-10(17)11(7-13(12)20-2)18-14-8(15)4-3-5-9(14)16/h3-7,18H,17H2,1-2H3. The lowest BCUT2D eigenvalue weighted by atomic mass is 10.2. The first-order valence-electron chi connectivity index (χ1n) is 5.79. The Kier molecular flexibility index (Phi) is 4.47. The van der Waals surface area contributed by atoms with Gasteiger partial charge in [0.05, 0.1) is 41.3 Å². The van der Waals surface area contributed by atoms with E-state index in [2.05, 4.69) is 5.32 Å². The topological polar surface area (TPSA) is 56.5 Å². The van der Waals surface area contributed by atoms with Crippen molar-refractivity contribution in [3.05, 3.63) is 40.4 Å². The first-order chi connectivity index (χ1) is 9.56. The molecule has 0 radical (unpaired) electrons. The zero-order valence-electron chi connectivity index (χ0n) is 11.0. The summed E-state index contributed by atoms with van der Waals surface area (Å²) in [4.78, 5) is 0. The van der Waals surface area contributed by atoms with Crippen LogP contribution in [0.4, 0.5) is 17.1 Å². The van der Waals surface area contributed by atoms with E-state index in [-0.39, 0.29) is 0 Å². The van der Waals surface area contributed by atoms with Crippen molar-refractivity contribution in [1.82, 2.24) is 0 Å². The molecule has 0 aliphatic rings. The average molecular weight is 313 g/mol. The number of nitrogens with one attached hydrogen (secondary N) is 1. The molecule has 0 amide bonds. The zero-order valence-corrected chi connectivity index (χ0v) is 12.5. The lowest BCUT2D eigenvalue weighted by molar-refractivity contribution is 0.355. The van der Waals surface area contributed by atoms with Crippen LogP contribution < -0.4 is 20.5 Å². The molecule has 0 aromatic heterocycles. The second-order valence-corrected chi connectivity index (χ2v) is 4.83. The number of nitrogen functional groups attached to an aromatic ring is 1. The highest BCUT2D eigenvalue weighted by Gasteiger charge is 2.12. The highest BCUT2D eigenvalue weighted by molar-refractivity contribution is 6.39. The second-order valence-electron chi connectivity index (χ2n) is 4.02. The van der Waals surface area contributed by atoms with Gasteiger partial charge in [-0.05, 0) is 12.1 Å². The van der Waals surface area contributed by atoms with E-state index < -0.39 is 0 Å². The Morgan fingerprint density at radius 1 is 1.00 bits per heavy atom. The van der Waals surface area contributed by atoms with Gasteiger partial charge < -0.3 is 20.5 Å². The Morgan fingerprint density at radius 3 is 2.10 bits per heavy atom. The number of nitrogens with two attached hydrogens (primary N) is 1. The van der Waals surface area contributed by atoms with Gasteiger partial charge >= 0.3 is 0 Å². The zero-order chi connectivity index (χ0) is 14.7. The molecule has 6 heteroatoms. The summed E-state index contributed by atoms with van der Waals surface area (Å²) >= 11 is 12.2. The molecule has 0 atom stereocenters. The predicted octanol–water partition coefficient (Wildman–Crippen LogP) is 4.34. The molecule has 0 spiro atoms. The number of benzene rings is 2. The number of para-hydroxylation sites is 1. The van der Waals surface area contributed by atoms with Gasteiger partial charge in [-0.3, -0.25) is 0 Å². The minimum atomic E-state index is 0.499. The van der Waals surface area contributed by atoms with Crippen LogP contribution in [-0.2, 0) is 0 Å². The van der Waals surface area contributed by atoms with Crippen molar-refractivity contribution < 1.29 is 9.47 Å². The molecule has 2 aromatic rings. The SMILES string of the molecule is COc1cc(N)c(Nc2c(Cl)cccc2Cl)cc1OC. The maximum Gasteiger partial charge on any atom is 0.162 e. The molecule has 0 aliphatic heterocycles. The predicted molar refractivity (Wildman–Crippen MR) is 83.7 cm³/mol. The minimum absolute atomic E-state index is 0.499. The molecule has 0 saturated carbocycles. The number of anilines is 3. The number of halogens is 2. The molecule has 2 aromatic carbocycles. The summed E-state index contributed by atoms with van der Waals surface area (Å²) in [6.07, 6.45) is 0. The largest absolute Gasteiger partial charge is 0.493 e. The highest BCUT2D eigenvalue weighted by atomic mass is 35.5. The summed E-state index contributed by atoms with van der Waals surface area (Å²) < 4.78 is 10.4. The smallest absolute Gasteiger partial charge is 0.162 e. The van der Waals surface area contributed by atoms with Crippen molar-refractivity contribution in [3.8, 4) is 11.5 Å². The third-order valence-corrected chi connectivity index (χ3v) is 3.41. The monoisotopic (exact) mass is 312 g/mol. The molecule has 0 fully saturated rings. The number of hydrogen-bond donors (Lipinski definition) is 2. The first-order valence-corrected chi connectivity index (χ1v) is 6.55. The fourth-order valence-corrected chi connectivity index (χ4v) is 2.25. The van der Waals surface area contributed by atoms with Crippen molar-refractivity contribution in [2.24, 2.45) is 0 Å². The van der Waals surface area contributed by atoms with Crippen molar-refractivity contribution in [2.75, 3.05) is 25.3 Å². The van der Waals surface area contributed by atoms with E-state index in [1.807, 2.05) is 0 Å². The van der Waals surface area contributed by atoms with Gasteiger partial charge in [-0.2, -0.15) is 0 Å². The molecule has 0 aliphatic carbocycles. The maximum atomic E-state index is 6.12. The summed E-state index contributed by atoms with van der Waals surface area (Å²) in [6.45, 7) is 0. The van der Waals surface area contributed by atoms with Crippen LogP contribution in [0.1, 0.15) is 0 Å². The minimum Gasteiger partial charge on any atom is -0.493 e. The number of ether oxygens (including phenoxy) is 2. The lowest BCUT2D eigenvalue weighted by Gasteiger charge is -2.15. The van der Waals surface area contributed by atoms with E-state index in [4.69, 9.17) is 38.4 Å². The quantitative estimate of drug-likeness (QED) is 0.825. The van der Waals surface area contributed by atoms with Crippen LogP contribution in [0.3, 0.4) is 0 Å². The molecule has 3 N–H and O–H groups in total. The highest BCUT2D eigenvalue weighted by Crippen LogP contribution is 2.39. The Morgan fingerprint density at radius 2 is 1.55 bits per heavy atom. The summed E-state index contributed by atoms with van der Waals surface area (Å²) in [5.41, 5.74) is 7.71. The molecular weight excluding hydrogens is 299 g/mol. The summed E-state index contributed by atoms with van der Waals surface area (Å²) in [7, 11) is 3.11. The van der Waals surface area contributed by atoms with Crippen molar-refractivity contribution in [1.29, 1.82) is 0 Å². The molecule has 106 valence electrons. The van der Waals surface area contributed by atoms with E-state index in [0.29, 0.717) is 38.6 Å². The van der Waals surface area contributed by atoms with Crippen LogP contribution in [-0.4, -0.2) is 14.2 Å². The molecule has 2 rings (SSSR count). The third-order valence-electron chi connectivity index (χ3n) is 2.78. The van der Waals surface area contributed by atoms with Gasteiger partial charge in [-0.1, -0.05) is 29.3 Å². The van der Waals surface area contributed by atoms with Gasteiger partial charge in [-0.25, -0.2) is 0 Å². The normalized spacial score (nSPS) is 10.2. The number of hydrogen-bond acceptors (Lipinski definition) is 4. The number of rotatable bonds is 4. The molecule has 4 nitrogen and oxygen atoms in total. The molecule has 0 bridgehead atoms. The van der Waals surface area contributed by atoms with Crippen molar-refractivity contribution in [2.45, 2.75) is 0 Å². The molecule has 0 unspecified atom stereocenters. The van der Waals surface area contributed by atoms with Crippen LogP contribution in [0.25, 0.3) is 0 Å². The van der Waals surface area contributed by atoms with Gasteiger partial charge in [0.15, 0.2) is 11.5 Å². The van der Waals surface area contributed by atoms with Gasteiger partial charge in [-0.15, -0.1) is 0 Å². The van der Waals surface area contributed by atoms with Crippen molar-refractivity contribution >= 4 is 40.3 Å². The fraction of sp³-hybridized carbons (Fsp3) is 0.143. The molecule has 0 saturated heterocycles. The Labute approximate surface area is 127 Å². The number of methoxy groups -OCH3 is 2. The van der Waals surface area contributed by atoms with Crippen LogP contribution in [0.2, 0.25) is 10.0 Å². The van der Waals surface area contributed by atoms with Crippen LogP contribution >= 0.6 is 23.2 Å². The first kappa shape index (κ1) is 14.6. The van der Waals surface area contributed by atoms with E-state index in [9.17, 15) is 0 Å². The molecule has 20 heavy (non-hydrogen) atoms. The van der Waals surface area contributed by atoms with E-state index in [0.717, 1.165) is 0 Å². The molecule has 0 heterocycles. The summed E-state index contributed by atoms with van der Waals surface area (Å²) in [5.74, 6) is 1.12. The lowest BCUT2D eigenvalue weighted by Crippen LogP contribution is -2.00. The van der Waals surface area contributed by atoms with Crippen LogP contribution in [0.5, 0.6) is 11.5 Å². The van der Waals surface area contributed by atoms with Crippen LogP contribution in [0, 0.1) is 0 Å². The van der Waals surface area contributed by atoms with Crippen molar-refractivity contribution in [3.63, 3.8) is 0 Å². The van der Waals surface area contributed by atoms with Crippen LogP contribution in [0.15, 0.2) is 30.3 Å². The van der Waals surface area contributed by atoms with Gasteiger partial charge in [0.1, 0.15) is 0 Å². The average Bonchev–Trinajstić information content (AvgIpc) is 2.44. The van der Waals surface area contributed by atoms with E-state index in [1.165, 1.54) is 0 Å². The Hall–Kier alpha value is -1.78. The maximum absolute atomic E-state index is 6.12. The summed E-state index contributed by atoms with van der Waals surface area (Å²) in [5, 5.41) is 4.12. The second kappa shape index (κ2) is 6.11. The Balaban J connectivity index is 2.44. The van der Waals surface area contributed by atoms with E-state index in [1.54, 1.807) is 44.6 Å². The van der Waals surface area contributed by atoms with E-state index >= 15 is 0 Å². The Bertz CT molecular complexity index is 613. The van der Waals surface area contributed by atoms with Gasteiger partial charge in [0.2, 0.25) is 0 Å².